The van der Waals surface area contributed by atoms with Gasteiger partial charge >= 0.3 is 0 Å². The van der Waals surface area contributed by atoms with Crippen LogP contribution in [0.2, 0.25) is 0 Å². The van der Waals surface area contributed by atoms with E-state index in [0.29, 0.717) is 28.4 Å². The van der Waals surface area contributed by atoms with Gasteiger partial charge in [-0.1, -0.05) is 18.2 Å². The van der Waals surface area contributed by atoms with Gasteiger partial charge in [0.05, 0.1) is 38.6 Å². The predicted octanol–water partition coefficient (Wildman–Crippen LogP) is 3.03. The first kappa shape index (κ1) is 24.8. The van der Waals surface area contributed by atoms with Gasteiger partial charge in [0.15, 0.2) is 11.5 Å². The van der Waals surface area contributed by atoms with Crippen molar-refractivity contribution < 1.29 is 23.8 Å². The molecule has 3 aromatic carbocycles. The molecule has 0 aliphatic carbocycles. The van der Waals surface area contributed by atoms with Crippen LogP contribution in [-0.4, -0.2) is 38.8 Å². The standard InChI is InChI=1S/C26H24N4O5/c1-33-23-12-9-19(13-24(23)34-2)26(32)28-16-25(31)30-29-15-18-7-10-22(11-8-18)35-17-21-6-4-3-5-20(21)14-27/h3-13,15H,16-17H2,1-2H3,(H,28,32)(H,30,31)/b29-15-. The normalized spacial score (nSPS) is 10.3. The molecule has 0 saturated heterocycles. The smallest absolute Gasteiger partial charge is 0.259 e. The van der Waals surface area contributed by atoms with Gasteiger partial charge in [0.25, 0.3) is 11.8 Å². The summed E-state index contributed by atoms with van der Waals surface area (Å²) in [7, 11) is 2.98. The van der Waals surface area contributed by atoms with Gasteiger partial charge in [0.2, 0.25) is 0 Å². The largest absolute Gasteiger partial charge is 0.493 e. The summed E-state index contributed by atoms with van der Waals surface area (Å²) in [6.45, 7) is 0.0315. The maximum atomic E-state index is 12.3. The quantitative estimate of drug-likeness (QED) is 0.346. The Morgan fingerprint density at radius 3 is 2.46 bits per heavy atom. The number of carbonyl (C=O) groups is 2. The fraction of sp³-hybridized carbons (Fsp3) is 0.154. The minimum absolute atomic E-state index is 0.249. The lowest BCUT2D eigenvalue weighted by Gasteiger charge is -2.09. The van der Waals surface area contributed by atoms with Crippen molar-refractivity contribution in [3.05, 3.63) is 89.0 Å². The highest BCUT2D eigenvalue weighted by atomic mass is 16.5. The highest BCUT2D eigenvalue weighted by Gasteiger charge is 2.11. The molecule has 178 valence electrons. The molecule has 2 N–H and O–H groups in total. The van der Waals surface area contributed by atoms with Crippen LogP contribution in [-0.2, 0) is 11.4 Å². The summed E-state index contributed by atoms with van der Waals surface area (Å²) in [5, 5.41) is 15.6. The van der Waals surface area contributed by atoms with Crippen molar-refractivity contribution in [1.29, 1.82) is 5.26 Å². The summed E-state index contributed by atoms with van der Waals surface area (Å²) in [6, 6.07) is 21.2. The van der Waals surface area contributed by atoms with E-state index in [1.807, 2.05) is 12.1 Å². The van der Waals surface area contributed by atoms with E-state index in [0.717, 1.165) is 11.1 Å². The molecule has 9 nitrogen and oxygen atoms in total. The molecule has 3 aromatic rings. The summed E-state index contributed by atoms with van der Waals surface area (Å²) in [6.07, 6.45) is 1.48. The number of nitrogens with zero attached hydrogens (tertiary/aromatic N) is 2. The molecular formula is C26H24N4O5. The molecule has 0 heterocycles. The fourth-order valence-corrected chi connectivity index (χ4v) is 3.02. The summed E-state index contributed by atoms with van der Waals surface area (Å²) in [5.74, 6) is 0.638. The lowest BCUT2D eigenvalue weighted by molar-refractivity contribution is -0.120. The van der Waals surface area contributed by atoms with E-state index in [9.17, 15) is 9.59 Å². The number of methoxy groups -OCH3 is 2. The molecule has 0 atom stereocenters. The van der Waals surface area contributed by atoms with E-state index >= 15 is 0 Å². The Bertz CT molecular complexity index is 1250. The van der Waals surface area contributed by atoms with Gasteiger partial charge in [-0.25, -0.2) is 5.43 Å². The van der Waals surface area contributed by atoms with E-state index < -0.39 is 11.8 Å². The number of amides is 2. The Labute approximate surface area is 202 Å². The topological polar surface area (TPSA) is 122 Å². The number of nitriles is 1. The summed E-state index contributed by atoms with van der Waals surface area (Å²) in [5.41, 5.74) is 4.82. The van der Waals surface area contributed by atoms with Gasteiger partial charge in [-0.05, 0) is 54.1 Å². The Morgan fingerprint density at radius 1 is 1.00 bits per heavy atom. The molecule has 9 heteroatoms. The van der Waals surface area contributed by atoms with Crippen molar-refractivity contribution in [2.45, 2.75) is 6.61 Å². The third kappa shape index (κ3) is 7.07. The number of hydrogen-bond acceptors (Lipinski definition) is 7. The van der Waals surface area contributed by atoms with E-state index in [2.05, 4.69) is 21.9 Å². The van der Waals surface area contributed by atoms with Gasteiger partial charge in [-0.3, -0.25) is 9.59 Å². The Morgan fingerprint density at radius 2 is 1.74 bits per heavy atom. The molecule has 35 heavy (non-hydrogen) atoms. The molecule has 0 aliphatic heterocycles. The zero-order chi connectivity index (χ0) is 25.0. The Balaban J connectivity index is 1.45. The SMILES string of the molecule is COc1ccc(C(=O)NCC(=O)N/N=C\c2ccc(OCc3ccccc3C#N)cc2)cc1OC. The van der Waals surface area contributed by atoms with Crippen LogP contribution in [0.3, 0.4) is 0 Å². The van der Waals surface area contributed by atoms with Gasteiger partial charge in [-0.2, -0.15) is 10.4 Å². The summed E-state index contributed by atoms with van der Waals surface area (Å²) < 4.78 is 16.0. The maximum absolute atomic E-state index is 12.3. The van der Waals surface area contributed by atoms with Crippen LogP contribution in [0, 0.1) is 11.3 Å². The summed E-state index contributed by atoms with van der Waals surface area (Å²) in [4.78, 5) is 24.3. The van der Waals surface area contributed by atoms with E-state index in [4.69, 9.17) is 19.5 Å². The number of rotatable bonds is 10. The van der Waals surface area contributed by atoms with Crippen LogP contribution < -0.4 is 25.0 Å². The second-order valence-electron chi connectivity index (χ2n) is 7.17. The van der Waals surface area contributed by atoms with E-state index in [1.54, 1.807) is 48.5 Å². The van der Waals surface area contributed by atoms with Crippen LogP contribution >= 0.6 is 0 Å². The first-order chi connectivity index (χ1) is 17.0. The molecule has 0 aliphatic rings. The number of benzene rings is 3. The van der Waals surface area contributed by atoms with Gasteiger partial charge in [-0.15, -0.1) is 0 Å². The van der Waals surface area contributed by atoms with Gasteiger partial charge < -0.3 is 19.5 Å². The summed E-state index contributed by atoms with van der Waals surface area (Å²) >= 11 is 0. The first-order valence-electron chi connectivity index (χ1n) is 10.6. The fourth-order valence-electron chi connectivity index (χ4n) is 3.02. The van der Waals surface area contributed by atoms with Crippen LogP contribution in [0.5, 0.6) is 17.2 Å². The molecule has 3 rings (SSSR count). The van der Waals surface area contributed by atoms with Crippen molar-refractivity contribution in [2.24, 2.45) is 5.10 Å². The predicted molar refractivity (Wildman–Crippen MR) is 130 cm³/mol. The van der Waals surface area contributed by atoms with Gasteiger partial charge in [0.1, 0.15) is 12.4 Å². The van der Waals surface area contributed by atoms with Crippen molar-refractivity contribution in [1.82, 2.24) is 10.7 Å². The number of hydrogen-bond donors (Lipinski definition) is 2. The van der Waals surface area contributed by atoms with Crippen LogP contribution in [0.15, 0.2) is 71.8 Å². The molecule has 0 bridgehead atoms. The van der Waals surface area contributed by atoms with Gasteiger partial charge in [0, 0.05) is 11.1 Å². The minimum atomic E-state index is -0.480. The number of nitrogens with one attached hydrogen (secondary N) is 2. The second-order valence-corrected chi connectivity index (χ2v) is 7.17. The van der Waals surface area contributed by atoms with Crippen LogP contribution in [0.25, 0.3) is 0 Å². The molecule has 0 spiro atoms. The van der Waals surface area contributed by atoms with E-state index in [-0.39, 0.29) is 13.2 Å². The maximum Gasteiger partial charge on any atom is 0.259 e. The Kier molecular flexibility index (Phi) is 8.79. The zero-order valence-corrected chi connectivity index (χ0v) is 19.3. The van der Waals surface area contributed by atoms with Crippen LogP contribution in [0.4, 0.5) is 0 Å². The molecule has 0 radical (unpaired) electrons. The zero-order valence-electron chi connectivity index (χ0n) is 19.3. The molecule has 0 saturated carbocycles. The molecule has 0 fully saturated rings. The van der Waals surface area contributed by atoms with Crippen molar-refractivity contribution in [3.8, 4) is 23.3 Å². The van der Waals surface area contributed by atoms with Crippen molar-refractivity contribution in [2.75, 3.05) is 20.8 Å². The lowest BCUT2D eigenvalue weighted by Crippen LogP contribution is -2.34. The van der Waals surface area contributed by atoms with Crippen molar-refractivity contribution in [3.63, 3.8) is 0 Å². The molecule has 0 unspecified atom stereocenters. The third-order valence-corrected chi connectivity index (χ3v) is 4.87. The Hall–Kier alpha value is -4.84. The first-order valence-corrected chi connectivity index (χ1v) is 10.6. The minimum Gasteiger partial charge on any atom is -0.493 e. The number of ether oxygens (including phenoxy) is 3. The lowest BCUT2D eigenvalue weighted by atomic mass is 10.1. The highest BCUT2D eigenvalue weighted by Crippen LogP contribution is 2.27. The number of carbonyl (C=O) groups excluding carboxylic acids is 2. The average Bonchev–Trinajstić information content (AvgIpc) is 2.90. The molecule has 0 aromatic heterocycles. The second kappa shape index (κ2) is 12.4. The van der Waals surface area contributed by atoms with Crippen LogP contribution in [0.1, 0.15) is 27.0 Å². The third-order valence-electron chi connectivity index (χ3n) is 4.87. The van der Waals surface area contributed by atoms with Crippen molar-refractivity contribution >= 4 is 18.0 Å². The highest BCUT2D eigenvalue weighted by molar-refractivity contribution is 5.97. The van der Waals surface area contributed by atoms with E-state index in [1.165, 1.54) is 26.5 Å². The monoisotopic (exact) mass is 472 g/mol. The number of hydrazone groups is 1. The average molecular weight is 473 g/mol. The molecule has 2 amide bonds. The molecular weight excluding hydrogens is 448 g/mol.